The van der Waals surface area contributed by atoms with Crippen LogP contribution in [0.2, 0.25) is 0 Å². The standard InChI is InChI=1S/C13H19N5OS/c1-13(2)17-11(14)16-12(15)18(13)19-8-9-6-4-5-7-10(9)20-3/h4-7H,8H2,1-3H3,(H4,14,15,16,17). The van der Waals surface area contributed by atoms with Gasteiger partial charge in [-0.3, -0.25) is 4.84 Å². The molecular formula is C13H19N5OS. The van der Waals surface area contributed by atoms with Crippen molar-refractivity contribution in [3.8, 4) is 0 Å². The highest BCUT2D eigenvalue weighted by molar-refractivity contribution is 7.98. The van der Waals surface area contributed by atoms with Crippen molar-refractivity contribution in [2.45, 2.75) is 31.0 Å². The van der Waals surface area contributed by atoms with Crippen molar-refractivity contribution in [1.29, 1.82) is 0 Å². The maximum absolute atomic E-state index is 5.86. The van der Waals surface area contributed by atoms with Gasteiger partial charge in [0.2, 0.25) is 11.9 Å². The van der Waals surface area contributed by atoms with Gasteiger partial charge in [0.1, 0.15) is 6.61 Å². The molecule has 0 saturated heterocycles. The molecule has 7 heteroatoms. The van der Waals surface area contributed by atoms with E-state index in [4.69, 9.17) is 16.3 Å². The first-order valence-corrected chi connectivity index (χ1v) is 7.41. The summed E-state index contributed by atoms with van der Waals surface area (Å²) in [5.74, 6) is 0.376. The molecule has 1 aromatic rings. The molecule has 1 aliphatic heterocycles. The molecule has 0 radical (unpaired) electrons. The van der Waals surface area contributed by atoms with Crippen molar-refractivity contribution >= 4 is 23.7 Å². The van der Waals surface area contributed by atoms with Crippen LogP contribution in [0.5, 0.6) is 0 Å². The quantitative estimate of drug-likeness (QED) is 0.822. The smallest absolute Gasteiger partial charge is 0.226 e. The molecule has 1 aromatic carbocycles. The molecule has 1 aliphatic rings. The third kappa shape index (κ3) is 3.05. The van der Waals surface area contributed by atoms with Gasteiger partial charge in [-0.1, -0.05) is 18.2 Å². The number of thioether (sulfide) groups is 1. The first-order valence-electron chi connectivity index (χ1n) is 6.18. The summed E-state index contributed by atoms with van der Waals surface area (Å²) in [6.45, 7) is 4.12. The number of guanidine groups is 2. The Bertz CT molecular complexity index is 555. The minimum absolute atomic E-state index is 0.164. The van der Waals surface area contributed by atoms with Crippen LogP contribution in [0.25, 0.3) is 0 Å². The third-order valence-electron chi connectivity index (χ3n) is 2.86. The molecule has 6 nitrogen and oxygen atoms in total. The van der Waals surface area contributed by atoms with Crippen LogP contribution in [0, 0.1) is 0 Å². The first-order chi connectivity index (χ1) is 9.44. The lowest BCUT2D eigenvalue weighted by atomic mass is 10.2. The van der Waals surface area contributed by atoms with Crippen LogP contribution >= 0.6 is 11.8 Å². The number of nitrogens with two attached hydrogens (primary N) is 2. The summed E-state index contributed by atoms with van der Waals surface area (Å²) >= 11 is 1.68. The predicted octanol–water partition coefficient (Wildman–Crippen LogP) is 1.52. The monoisotopic (exact) mass is 293 g/mol. The molecule has 108 valence electrons. The van der Waals surface area contributed by atoms with E-state index >= 15 is 0 Å². The van der Waals surface area contributed by atoms with E-state index in [2.05, 4.69) is 16.1 Å². The van der Waals surface area contributed by atoms with E-state index in [0.717, 1.165) is 5.56 Å². The Balaban J connectivity index is 2.13. The van der Waals surface area contributed by atoms with Gasteiger partial charge >= 0.3 is 0 Å². The molecular weight excluding hydrogens is 274 g/mol. The number of hydrogen-bond acceptors (Lipinski definition) is 7. The minimum atomic E-state index is -0.676. The average molecular weight is 293 g/mol. The number of nitrogens with zero attached hydrogens (tertiary/aromatic N) is 3. The number of benzene rings is 1. The SMILES string of the molecule is CSc1ccccc1CON1C(N)=NC(N)=NC1(C)C. The van der Waals surface area contributed by atoms with Crippen LogP contribution in [0.3, 0.4) is 0 Å². The topological polar surface area (TPSA) is 89.2 Å². The van der Waals surface area contributed by atoms with Crippen LogP contribution < -0.4 is 11.5 Å². The second-order valence-electron chi connectivity index (χ2n) is 4.81. The fraction of sp³-hybridized carbons (Fsp3) is 0.385. The lowest BCUT2D eigenvalue weighted by Gasteiger charge is -2.36. The number of hydrogen-bond donors (Lipinski definition) is 2. The van der Waals surface area contributed by atoms with Crippen LogP contribution in [-0.4, -0.2) is 28.9 Å². The van der Waals surface area contributed by atoms with E-state index in [1.807, 2.05) is 38.3 Å². The molecule has 4 N–H and O–H groups in total. The lowest BCUT2D eigenvalue weighted by molar-refractivity contribution is -0.167. The molecule has 0 spiro atoms. The van der Waals surface area contributed by atoms with Gasteiger partial charge in [0.25, 0.3) is 0 Å². The summed E-state index contributed by atoms with van der Waals surface area (Å²) in [6, 6.07) is 8.06. The summed E-state index contributed by atoms with van der Waals surface area (Å²) in [5.41, 5.74) is 11.9. The van der Waals surface area contributed by atoms with Crippen molar-refractivity contribution in [3.05, 3.63) is 29.8 Å². The maximum atomic E-state index is 5.86. The largest absolute Gasteiger partial charge is 0.368 e. The van der Waals surface area contributed by atoms with Crippen LogP contribution in [0.1, 0.15) is 19.4 Å². The van der Waals surface area contributed by atoms with E-state index in [9.17, 15) is 0 Å². The molecule has 0 fully saturated rings. The van der Waals surface area contributed by atoms with Crippen LogP contribution in [-0.2, 0) is 11.4 Å². The fourth-order valence-electron chi connectivity index (χ4n) is 1.97. The van der Waals surface area contributed by atoms with E-state index in [1.165, 1.54) is 9.96 Å². The molecule has 2 rings (SSSR count). The van der Waals surface area contributed by atoms with Gasteiger partial charge in [-0.25, -0.2) is 4.99 Å². The third-order valence-corrected chi connectivity index (χ3v) is 3.70. The van der Waals surface area contributed by atoms with E-state index in [1.54, 1.807) is 11.8 Å². The Labute approximate surface area is 122 Å². The van der Waals surface area contributed by atoms with Crippen molar-refractivity contribution in [3.63, 3.8) is 0 Å². The van der Waals surface area contributed by atoms with Gasteiger partial charge < -0.3 is 11.5 Å². The van der Waals surface area contributed by atoms with Crippen molar-refractivity contribution in [2.24, 2.45) is 21.5 Å². The lowest BCUT2D eigenvalue weighted by Crippen LogP contribution is -2.53. The zero-order valence-corrected chi connectivity index (χ0v) is 12.6. The van der Waals surface area contributed by atoms with Gasteiger partial charge in [0, 0.05) is 4.90 Å². The van der Waals surface area contributed by atoms with Gasteiger partial charge in [0.05, 0.1) is 0 Å². The van der Waals surface area contributed by atoms with E-state index in [0.29, 0.717) is 6.61 Å². The first kappa shape index (κ1) is 14.7. The summed E-state index contributed by atoms with van der Waals surface area (Å²) in [7, 11) is 0. The predicted molar refractivity (Wildman–Crippen MR) is 82.2 cm³/mol. The highest BCUT2D eigenvalue weighted by Gasteiger charge is 2.33. The van der Waals surface area contributed by atoms with Crippen molar-refractivity contribution in [1.82, 2.24) is 5.06 Å². The Morgan fingerprint density at radius 3 is 2.65 bits per heavy atom. The van der Waals surface area contributed by atoms with Gasteiger partial charge in [-0.2, -0.15) is 10.1 Å². The molecule has 0 aromatic heterocycles. The fourth-order valence-corrected chi connectivity index (χ4v) is 2.58. The summed E-state index contributed by atoms with van der Waals surface area (Å²) in [5, 5.41) is 1.49. The van der Waals surface area contributed by atoms with Gasteiger partial charge in [0.15, 0.2) is 5.66 Å². The zero-order valence-electron chi connectivity index (χ0n) is 11.8. The normalized spacial score (nSPS) is 17.6. The summed E-state index contributed by atoms with van der Waals surface area (Å²) in [6.07, 6.45) is 2.03. The maximum Gasteiger partial charge on any atom is 0.226 e. The van der Waals surface area contributed by atoms with Gasteiger partial charge in [-0.15, -0.1) is 11.8 Å². The minimum Gasteiger partial charge on any atom is -0.368 e. The molecule has 20 heavy (non-hydrogen) atoms. The second-order valence-corrected chi connectivity index (χ2v) is 5.66. The van der Waals surface area contributed by atoms with Crippen molar-refractivity contribution < 1.29 is 4.84 Å². The molecule has 0 atom stereocenters. The molecule has 0 unspecified atom stereocenters. The highest BCUT2D eigenvalue weighted by atomic mass is 32.2. The van der Waals surface area contributed by atoms with Crippen LogP contribution in [0.15, 0.2) is 39.1 Å². The number of hydroxylamine groups is 2. The second kappa shape index (κ2) is 5.72. The average Bonchev–Trinajstić information content (AvgIpc) is 2.37. The number of rotatable bonds is 4. The van der Waals surface area contributed by atoms with Gasteiger partial charge in [-0.05, 0) is 31.7 Å². The Morgan fingerprint density at radius 1 is 1.30 bits per heavy atom. The van der Waals surface area contributed by atoms with Crippen LogP contribution in [0.4, 0.5) is 0 Å². The van der Waals surface area contributed by atoms with E-state index < -0.39 is 5.66 Å². The molecule has 0 amide bonds. The molecule has 0 aliphatic carbocycles. The Hall–Kier alpha value is -1.73. The Kier molecular flexibility index (Phi) is 4.20. The number of aliphatic imine (C=N–C) groups is 2. The Morgan fingerprint density at radius 2 is 2.00 bits per heavy atom. The van der Waals surface area contributed by atoms with E-state index in [-0.39, 0.29) is 11.9 Å². The summed E-state index contributed by atoms with van der Waals surface area (Å²) in [4.78, 5) is 15.1. The zero-order chi connectivity index (χ0) is 14.8. The molecule has 0 bridgehead atoms. The molecule has 0 saturated carbocycles. The molecule has 1 heterocycles. The summed E-state index contributed by atoms with van der Waals surface area (Å²) < 4.78 is 0. The van der Waals surface area contributed by atoms with Crippen molar-refractivity contribution in [2.75, 3.05) is 6.26 Å². The highest BCUT2D eigenvalue weighted by Crippen LogP contribution is 2.24.